The number of aryl methyl sites for hydroxylation is 1. The summed E-state index contributed by atoms with van der Waals surface area (Å²) in [5.41, 5.74) is -1.29. The number of aromatic carboxylic acids is 1. The molecule has 3 rings (SSSR count). The second-order valence-corrected chi connectivity index (χ2v) is 8.64. The standard InChI is InChI=1S/C19H12Cl3F4NO3/c1-7-4-9(6-10(15(7)20)17(29)30)27-16(28)14-13(18(14,21)22)8-2-3-12(23)11(5-8)19(24,25)26/h2-6,13-14H,1H3,(H,27,28)(H,29,30)/t13-,14+/m0/s1. The van der Waals surface area contributed by atoms with Crippen molar-refractivity contribution >= 4 is 52.4 Å². The molecule has 160 valence electrons. The van der Waals surface area contributed by atoms with E-state index in [0.29, 0.717) is 17.7 Å². The molecule has 11 heteroatoms. The minimum Gasteiger partial charge on any atom is -0.478 e. The van der Waals surface area contributed by atoms with Crippen molar-refractivity contribution in [3.63, 3.8) is 0 Å². The van der Waals surface area contributed by atoms with Crippen molar-refractivity contribution < 1.29 is 32.3 Å². The Bertz CT molecular complexity index is 1060. The lowest BCUT2D eigenvalue weighted by Crippen LogP contribution is -2.17. The van der Waals surface area contributed by atoms with Gasteiger partial charge < -0.3 is 10.4 Å². The van der Waals surface area contributed by atoms with Crippen molar-refractivity contribution in [1.29, 1.82) is 0 Å². The van der Waals surface area contributed by atoms with Crippen LogP contribution in [-0.4, -0.2) is 21.3 Å². The van der Waals surface area contributed by atoms with Crippen LogP contribution in [0.2, 0.25) is 5.02 Å². The summed E-state index contributed by atoms with van der Waals surface area (Å²) in [6.07, 6.45) is -4.93. The predicted molar refractivity (Wildman–Crippen MR) is 104 cm³/mol. The fourth-order valence-corrected chi connectivity index (χ4v) is 4.26. The van der Waals surface area contributed by atoms with E-state index in [9.17, 15) is 32.3 Å². The molecule has 1 aliphatic rings. The lowest BCUT2D eigenvalue weighted by molar-refractivity contribution is -0.140. The highest BCUT2D eigenvalue weighted by Crippen LogP contribution is 2.65. The third kappa shape index (κ3) is 4.08. The van der Waals surface area contributed by atoms with E-state index in [1.165, 1.54) is 13.0 Å². The van der Waals surface area contributed by atoms with Crippen LogP contribution in [0.25, 0.3) is 0 Å². The number of anilines is 1. The van der Waals surface area contributed by atoms with Crippen LogP contribution in [0.1, 0.15) is 33.0 Å². The summed E-state index contributed by atoms with van der Waals surface area (Å²) < 4.78 is 50.7. The molecule has 0 unspecified atom stereocenters. The Labute approximate surface area is 182 Å². The molecule has 0 aliphatic heterocycles. The maximum atomic E-state index is 13.5. The molecule has 1 saturated carbocycles. The summed E-state index contributed by atoms with van der Waals surface area (Å²) in [6.45, 7) is 1.54. The Hall–Kier alpha value is -2.03. The second kappa shape index (κ2) is 7.59. The highest BCUT2D eigenvalue weighted by Gasteiger charge is 2.67. The van der Waals surface area contributed by atoms with E-state index in [1.54, 1.807) is 0 Å². The van der Waals surface area contributed by atoms with Gasteiger partial charge in [0.1, 0.15) is 10.2 Å². The summed E-state index contributed by atoms with van der Waals surface area (Å²) in [5, 5.41) is 11.6. The van der Waals surface area contributed by atoms with Gasteiger partial charge in [-0.2, -0.15) is 13.2 Å². The van der Waals surface area contributed by atoms with Gasteiger partial charge in [0.15, 0.2) is 0 Å². The van der Waals surface area contributed by atoms with E-state index >= 15 is 0 Å². The van der Waals surface area contributed by atoms with Crippen LogP contribution >= 0.6 is 34.8 Å². The topological polar surface area (TPSA) is 66.4 Å². The van der Waals surface area contributed by atoms with Gasteiger partial charge in [-0.25, -0.2) is 9.18 Å². The van der Waals surface area contributed by atoms with E-state index in [2.05, 4.69) is 5.32 Å². The molecular formula is C19H12Cl3F4NO3. The van der Waals surface area contributed by atoms with E-state index in [4.69, 9.17) is 34.8 Å². The van der Waals surface area contributed by atoms with Gasteiger partial charge in [0.05, 0.1) is 22.1 Å². The molecule has 1 aliphatic carbocycles. The van der Waals surface area contributed by atoms with Crippen molar-refractivity contribution in [2.75, 3.05) is 5.32 Å². The van der Waals surface area contributed by atoms with E-state index in [0.717, 1.165) is 12.1 Å². The molecule has 0 bridgehead atoms. The zero-order valence-electron chi connectivity index (χ0n) is 15.0. The Morgan fingerprint density at radius 1 is 1.17 bits per heavy atom. The van der Waals surface area contributed by atoms with E-state index in [1.807, 2.05) is 0 Å². The molecule has 1 fully saturated rings. The largest absolute Gasteiger partial charge is 0.478 e. The smallest absolute Gasteiger partial charge is 0.419 e. The number of rotatable bonds is 4. The lowest BCUT2D eigenvalue weighted by atomic mass is 10.0. The van der Waals surface area contributed by atoms with Crippen LogP contribution in [-0.2, 0) is 11.0 Å². The quantitative estimate of drug-likeness (QED) is 0.411. The first-order chi connectivity index (χ1) is 13.7. The van der Waals surface area contributed by atoms with Crippen LogP contribution in [0.3, 0.4) is 0 Å². The zero-order valence-corrected chi connectivity index (χ0v) is 17.2. The number of hydrogen-bond donors (Lipinski definition) is 2. The van der Waals surface area contributed by atoms with Crippen LogP contribution in [0.4, 0.5) is 23.2 Å². The predicted octanol–water partition coefficient (Wildman–Crippen LogP) is 6.03. The number of alkyl halides is 5. The number of carbonyl (C=O) groups excluding carboxylic acids is 1. The van der Waals surface area contributed by atoms with Crippen LogP contribution in [0.15, 0.2) is 30.3 Å². The molecule has 4 nitrogen and oxygen atoms in total. The normalized spacial score (nSPS) is 20.0. The Balaban J connectivity index is 1.88. The fraction of sp³-hybridized carbons (Fsp3) is 0.263. The first-order valence-corrected chi connectivity index (χ1v) is 9.47. The van der Waals surface area contributed by atoms with Crippen molar-refractivity contribution in [3.8, 4) is 0 Å². The molecule has 0 saturated heterocycles. The molecule has 2 N–H and O–H groups in total. The molecular weight excluding hydrogens is 473 g/mol. The number of nitrogens with one attached hydrogen (secondary N) is 1. The number of carboxylic acid groups (broad SMARTS) is 1. The number of benzene rings is 2. The van der Waals surface area contributed by atoms with Gasteiger partial charge in [-0.05, 0) is 42.3 Å². The zero-order chi connectivity index (χ0) is 22.6. The molecule has 2 aromatic carbocycles. The average molecular weight is 485 g/mol. The summed E-state index contributed by atoms with van der Waals surface area (Å²) >= 11 is 18.2. The molecule has 0 spiro atoms. The van der Waals surface area contributed by atoms with Gasteiger partial charge in [0.25, 0.3) is 0 Å². The van der Waals surface area contributed by atoms with E-state index < -0.39 is 45.6 Å². The number of carbonyl (C=O) groups is 2. The number of carboxylic acids is 1. The number of hydrogen-bond acceptors (Lipinski definition) is 2. The van der Waals surface area contributed by atoms with Crippen molar-refractivity contribution in [1.82, 2.24) is 0 Å². The summed E-state index contributed by atoms with van der Waals surface area (Å²) in [4.78, 5) is 23.9. The van der Waals surface area contributed by atoms with Crippen LogP contribution in [0, 0.1) is 18.7 Å². The average Bonchev–Trinajstić information content (AvgIpc) is 3.19. The molecule has 0 heterocycles. The Morgan fingerprint density at radius 2 is 1.80 bits per heavy atom. The van der Waals surface area contributed by atoms with Crippen molar-refractivity contribution in [2.24, 2.45) is 5.92 Å². The van der Waals surface area contributed by atoms with Gasteiger partial charge in [-0.1, -0.05) is 17.7 Å². The fourth-order valence-electron chi connectivity index (χ4n) is 3.24. The molecule has 0 radical (unpaired) electrons. The van der Waals surface area contributed by atoms with Gasteiger partial charge in [0.2, 0.25) is 5.91 Å². The van der Waals surface area contributed by atoms with Crippen LogP contribution < -0.4 is 5.32 Å². The van der Waals surface area contributed by atoms with Crippen LogP contribution in [0.5, 0.6) is 0 Å². The lowest BCUT2D eigenvalue weighted by Gasteiger charge is -2.11. The Kier molecular flexibility index (Phi) is 5.73. The Morgan fingerprint density at radius 3 is 2.37 bits per heavy atom. The van der Waals surface area contributed by atoms with Gasteiger partial charge >= 0.3 is 12.1 Å². The third-order valence-electron chi connectivity index (χ3n) is 4.74. The molecule has 30 heavy (non-hydrogen) atoms. The summed E-state index contributed by atoms with van der Waals surface area (Å²) in [6, 6.07) is 4.85. The summed E-state index contributed by atoms with van der Waals surface area (Å²) in [5.74, 6) is -5.66. The van der Waals surface area contributed by atoms with Gasteiger partial charge in [-0.3, -0.25) is 4.79 Å². The monoisotopic (exact) mass is 483 g/mol. The van der Waals surface area contributed by atoms with Gasteiger partial charge in [0, 0.05) is 11.6 Å². The number of amides is 1. The second-order valence-electron chi connectivity index (χ2n) is 6.82. The summed E-state index contributed by atoms with van der Waals surface area (Å²) in [7, 11) is 0. The first kappa shape index (κ1) is 22.7. The number of halogens is 7. The maximum absolute atomic E-state index is 13.5. The minimum absolute atomic E-state index is 0.000164. The molecule has 2 aromatic rings. The first-order valence-electron chi connectivity index (χ1n) is 8.34. The highest BCUT2D eigenvalue weighted by atomic mass is 35.5. The molecule has 0 aromatic heterocycles. The third-order valence-corrected chi connectivity index (χ3v) is 6.19. The van der Waals surface area contributed by atoms with E-state index in [-0.39, 0.29) is 21.8 Å². The maximum Gasteiger partial charge on any atom is 0.419 e. The van der Waals surface area contributed by atoms with Gasteiger partial charge in [-0.15, -0.1) is 23.2 Å². The van der Waals surface area contributed by atoms with Crippen molar-refractivity contribution in [2.45, 2.75) is 23.4 Å². The highest BCUT2D eigenvalue weighted by molar-refractivity contribution is 6.53. The van der Waals surface area contributed by atoms with Crippen molar-refractivity contribution in [3.05, 3.63) is 63.4 Å². The molecule has 2 atom stereocenters. The molecule has 1 amide bonds. The minimum atomic E-state index is -4.93. The SMILES string of the molecule is Cc1cc(NC(=O)[C@H]2[C@H](c3ccc(F)c(C(F)(F)F)c3)C2(Cl)Cl)cc(C(=O)O)c1Cl.